The van der Waals surface area contributed by atoms with E-state index in [1.54, 1.807) is 0 Å². The third-order valence-corrected chi connectivity index (χ3v) is 5.07. The summed E-state index contributed by atoms with van der Waals surface area (Å²) in [5.41, 5.74) is 3.40. The SMILES string of the molecule is c1ccc(CCN2CCC(c3ncc(-c4ccccn4)[nH]3)CC2)cc1. The van der Waals surface area contributed by atoms with Crippen molar-refractivity contribution >= 4 is 0 Å². The van der Waals surface area contributed by atoms with Gasteiger partial charge in [0.25, 0.3) is 0 Å². The van der Waals surface area contributed by atoms with Gasteiger partial charge in [-0.25, -0.2) is 4.98 Å². The molecule has 25 heavy (non-hydrogen) atoms. The number of H-pyrrole nitrogens is 1. The number of aromatic nitrogens is 3. The van der Waals surface area contributed by atoms with E-state index in [0.717, 1.165) is 43.3 Å². The molecule has 128 valence electrons. The average molecular weight is 332 g/mol. The molecule has 1 saturated heterocycles. The van der Waals surface area contributed by atoms with E-state index in [1.165, 1.54) is 18.4 Å². The second-order valence-corrected chi connectivity index (χ2v) is 6.75. The van der Waals surface area contributed by atoms with Gasteiger partial charge in [-0.3, -0.25) is 4.98 Å². The molecular weight excluding hydrogens is 308 g/mol. The molecule has 0 spiro atoms. The Morgan fingerprint density at radius 3 is 2.52 bits per heavy atom. The summed E-state index contributed by atoms with van der Waals surface area (Å²) in [4.78, 5) is 15.1. The number of hydrogen-bond donors (Lipinski definition) is 1. The Hall–Kier alpha value is -2.46. The molecule has 3 aromatic rings. The number of likely N-dealkylation sites (tertiary alicyclic amines) is 1. The number of aromatic amines is 1. The number of nitrogens with one attached hydrogen (secondary N) is 1. The lowest BCUT2D eigenvalue weighted by atomic mass is 9.96. The summed E-state index contributed by atoms with van der Waals surface area (Å²) in [5.74, 6) is 1.65. The highest BCUT2D eigenvalue weighted by Crippen LogP contribution is 2.27. The van der Waals surface area contributed by atoms with E-state index in [9.17, 15) is 0 Å². The predicted molar refractivity (Wildman–Crippen MR) is 100 cm³/mol. The van der Waals surface area contributed by atoms with E-state index in [0.29, 0.717) is 5.92 Å². The van der Waals surface area contributed by atoms with Crippen LogP contribution in [0.2, 0.25) is 0 Å². The zero-order valence-electron chi connectivity index (χ0n) is 14.4. The number of rotatable bonds is 5. The second-order valence-electron chi connectivity index (χ2n) is 6.75. The van der Waals surface area contributed by atoms with Crippen molar-refractivity contribution in [3.63, 3.8) is 0 Å². The lowest BCUT2D eigenvalue weighted by Gasteiger charge is -2.31. The highest BCUT2D eigenvalue weighted by Gasteiger charge is 2.22. The maximum atomic E-state index is 4.62. The van der Waals surface area contributed by atoms with E-state index < -0.39 is 0 Å². The number of imidazole rings is 1. The van der Waals surface area contributed by atoms with E-state index in [2.05, 4.69) is 50.2 Å². The van der Waals surface area contributed by atoms with E-state index >= 15 is 0 Å². The largest absolute Gasteiger partial charge is 0.340 e. The topological polar surface area (TPSA) is 44.8 Å². The number of benzene rings is 1. The van der Waals surface area contributed by atoms with Crippen LogP contribution in [0, 0.1) is 0 Å². The van der Waals surface area contributed by atoms with Crippen LogP contribution >= 0.6 is 0 Å². The van der Waals surface area contributed by atoms with Gasteiger partial charge in [-0.15, -0.1) is 0 Å². The number of pyridine rings is 1. The van der Waals surface area contributed by atoms with Crippen LogP contribution in [0.15, 0.2) is 60.9 Å². The summed E-state index contributed by atoms with van der Waals surface area (Å²) in [6, 6.07) is 16.7. The van der Waals surface area contributed by atoms with Crippen LogP contribution in [0.4, 0.5) is 0 Å². The molecule has 0 atom stereocenters. The quantitative estimate of drug-likeness (QED) is 0.771. The Balaban J connectivity index is 1.31. The summed E-state index contributed by atoms with van der Waals surface area (Å²) in [6.45, 7) is 3.45. The smallest absolute Gasteiger partial charge is 0.109 e. The summed E-state index contributed by atoms with van der Waals surface area (Å²) >= 11 is 0. The highest BCUT2D eigenvalue weighted by atomic mass is 15.1. The Bertz CT molecular complexity index is 774. The average Bonchev–Trinajstić information content (AvgIpc) is 3.19. The van der Waals surface area contributed by atoms with Gasteiger partial charge in [-0.2, -0.15) is 0 Å². The van der Waals surface area contributed by atoms with Gasteiger partial charge in [0.2, 0.25) is 0 Å². The molecule has 0 saturated carbocycles. The third kappa shape index (κ3) is 3.97. The van der Waals surface area contributed by atoms with Crippen molar-refractivity contribution in [3.05, 3.63) is 72.3 Å². The van der Waals surface area contributed by atoms with Gasteiger partial charge in [0.1, 0.15) is 5.82 Å². The molecule has 0 unspecified atom stereocenters. The molecule has 0 bridgehead atoms. The second kappa shape index (κ2) is 7.62. The Labute approximate surface area is 149 Å². The molecule has 4 rings (SSSR count). The van der Waals surface area contributed by atoms with Crippen LogP contribution in [0.5, 0.6) is 0 Å². The van der Waals surface area contributed by atoms with Crippen molar-refractivity contribution in [1.29, 1.82) is 0 Å². The van der Waals surface area contributed by atoms with Crippen molar-refractivity contribution in [2.75, 3.05) is 19.6 Å². The fraction of sp³-hybridized carbons (Fsp3) is 0.333. The number of nitrogens with zero attached hydrogens (tertiary/aromatic N) is 3. The third-order valence-electron chi connectivity index (χ3n) is 5.07. The maximum Gasteiger partial charge on any atom is 0.109 e. The number of piperidine rings is 1. The molecule has 1 aliphatic heterocycles. The molecular formula is C21H24N4. The molecule has 1 aromatic carbocycles. The van der Waals surface area contributed by atoms with Crippen molar-refractivity contribution in [2.45, 2.75) is 25.2 Å². The first-order chi connectivity index (χ1) is 12.4. The van der Waals surface area contributed by atoms with Gasteiger partial charge in [0.05, 0.1) is 17.6 Å². The minimum absolute atomic E-state index is 0.533. The molecule has 2 aromatic heterocycles. The van der Waals surface area contributed by atoms with Crippen LogP contribution < -0.4 is 0 Å². The zero-order chi connectivity index (χ0) is 16.9. The zero-order valence-corrected chi connectivity index (χ0v) is 14.4. The molecule has 0 radical (unpaired) electrons. The van der Waals surface area contributed by atoms with Gasteiger partial charge in [-0.05, 0) is 50.0 Å². The summed E-state index contributed by atoms with van der Waals surface area (Å²) in [6.07, 6.45) is 7.21. The van der Waals surface area contributed by atoms with Gasteiger partial charge < -0.3 is 9.88 Å². The Kier molecular flexibility index (Phi) is 4.89. The first-order valence-corrected chi connectivity index (χ1v) is 9.11. The van der Waals surface area contributed by atoms with Crippen LogP contribution in [-0.2, 0) is 6.42 Å². The minimum Gasteiger partial charge on any atom is -0.340 e. The summed E-state index contributed by atoms with van der Waals surface area (Å²) in [5, 5.41) is 0. The molecule has 0 amide bonds. The first-order valence-electron chi connectivity index (χ1n) is 9.11. The minimum atomic E-state index is 0.533. The van der Waals surface area contributed by atoms with Gasteiger partial charge in [0, 0.05) is 18.7 Å². The first kappa shape index (κ1) is 16.0. The molecule has 4 nitrogen and oxygen atoms in total. The lowest BCUT2D eigenvalue weighted by molar-refractivity contribution is 0.212. The fourth-order valence-electron chi connectivity index (χ4n) is 3.56. The van der Waals surface area contributed by atoms with Crippen LogP contribution in [-0.4, -0.2) is 39.5 Å². The predicted octanol–water partition coefficient (Wildman–Crippen LogP) is 3.89. The normalized spacial score (nSPS) is 16.2. The fourth-order valence-corrected chi connectivity index (χ4v) is 3.56. The van der Waals surface area contributed by atoms with Crippen LogP contribution in [0.3, 0.4) is 0 Å². The standard InChI is InChI=1S/C21H24N4/c1-2-6-17(7-3-1)9-13-25-14-10-18(11-15-25)21-23-16-20(24-21)19-8-4-5-12-22-19/h1-8,12,16,18H,9-11,13-15H2,(H,23,24). The summed E-state index contributed by atoms with van der Waals surface area (Å²) < 4.78 is 0. The van der Waals surface area contributed by atoms with Crippen molar-refractivity contribution in [3.8, 4) is 11.4 Å². The van der Waals surface area contributed by atoms with Gasteiger partial charge in [0.15, 0.2) is 0 Å². The van der Waals surface area contributed by atoms with Crippen LogP contribution in [0.25, 0.3) is 11.4 Å². The lowest BCUT2D eigenvalue weighted by Crippen LogP contribution is -2.34. The van der Waals surface area contributed by atoms with Crippen molar-refractivity contribution in [1.82, 2.24) is 19.9 Å². The van der Waals surface area contributed by atoms with Crippen molar-refractivity contribution < 1.29 is 0 Å². The molecule has 1 N–H and O–H groups in total. The Morgan fingerprint density at radius 1 is 0.960 bits per heavy atom. The van der Waals surface area contributed by atoms with Gasteiger partial charge >= 0.3 is 0 Å². The Morgan fingerprint density at radius 2 is 1.76 bits per heavy atom. The maximum absolute atomic E-state index is 4.62. The van der Waals surface area contributed by atoms with E-state index in [-0.39, 0.29) is 0 Å². The molecule has 1 fully saturated rings. The molecule has 0 aliphatic carbocycles. The van der Waals surface area contributed by atoms with E-state index in [4.69, 9.17) is 0 Å². The monoisotopic (exact) mass is 332 g/mol. The highest BCUT2D eigenvalue weighted by molar-refractivity contribution is 5.52. The molecule has 3 heterocycles. The van der Waals surface area contributed by atoms with Crippen molar-refractivity contribution in [2.24, 2.45) is 0 Å². The van der Waals surface area contributed by atoms with E-state index in [1.807, 2.05) is 30.6 Å². The van der Waals surface area contributed by atoms with Gasteiger partial charge in [-0.1, -0.05) is 36.4 Å². The summed E-state index contributed by atoms with van der Waals surface area (Å²) in [7, 11) is 0. The molecule has 1 aliphatic rings. The molecule has 4 heteroatoms. The van der Waals surface area contributed by atoms with Crippen LogP contribution in [0.1, 0.15) is 30.1 Å². The number of hydrogen-bond acceptors (Lipinski definition) is 3.